The van der Waals surface area contributed by atoms with Crippen molar-refractivity contribution in [1.29, 1.82) is 0 Å². The zero-order chi connectivity index (χ0) is 24.5. The lowest BCUT2D eigenvalue weighted by atomic mass is 10.1. The largest absolute Gasteiger partial charge is 0.103 e. The molecule has 30 heavy (non-hydrogen) atoms. The van der Waals surface area contributed by atoms with E-state index in [1.807, 2.05) is 6.08 Å². The third-order valence-electron chi connectivity index (χ3n) is 4.67. The molecule has 0 spiro atoms. The van der Waals surface area contributed by atoms with Crippen molar-refractivity contribution in [1.82, 2.24) is 0 Å². The Bertz CT molecular complexity index is 257. The van der Waals surface area contributed by atoms with E-state index in [9.17, 15) is 0 Å². The molecule has 0 N–H and O–H groups in total. The van der Waals surface area contributed by atoms with Crippen LogP contribution in [0.2, 0.25) is 0 Å². The lowest BCUT2D eigenvalue weighted by Gasteiger charge is -1.98. The van der Waals surface area contributed by atoms with Crippen LogP contribution >= 0.6 is 0 Å². The normalized spacial score (nSPS) is 10.7. The van der Waals surface area contributed by atoms with Gasteiger partial charge in [0.25, 0.3) is 0 Å². The molecular formula is C30H66. The summed E-state index contributed by atoms with van der Waals surface area (Å²) in [6, 6.07) is 0. The van der Waals surface area contributed by atoms with Crippen LogP contribution in [0.4, 0.5) is 0 Å². The summed E-state index contributed by atoms with van der Waals surface area (Å²) in [7, 11) is 0. The summed E-state index contributed by atoms with van der Waals surface area (Å²) in [5.74, 6) is 1.63. The Balaban J connectivity index is -0.0000000625. The molecule has 0 saturated heterocycles. The number of allylic oxidation sites excluding steroid dienone is 5. The van der Waals surface area contributed by atoms with Gasteiger partial charge in [0, 0.05) is 1.43 Å². The minimum Gasteiger partial charge on any atom is -0.103 e. The van der Waals surface area contributed by atoms with E-state index in [0.29, 0.717) is 5.92 Å². The first-order valence-electron chi connectivity index (χ1n) is 13.3. The van der Waals surface area contributed by atoms with E-state index in [0.717, 1.165) is 5.92 Å². The van der Waals surface area contributed by atoms with Crippen molar-refractivity contribution in [2.75, 3.05) is 0 Å². The lowest BCUT2D eigenvalue weighted by molar-refractivity contribution is 0.544. The summed E-state index contributed by atoms with van der Waals surface area (Å²) in [4.78, 5) is 0. The quantitative estimate of drug-likeness (QED) is 0.227. The molecule has 0 heteroatoms. The maximum absolute atomic E-state index is 3.63. The van der Waals surface area contributed by atoms with Crippen LogP contribution in [0.1, 0.15) is 148 Å². The van der Waals surface area contributed by atoms with Gasteiger partial charge in [-0.15, -0.1) is 6.58 Å². The van der Waals surface area contributed by atoms with Gasteiger partial charge < -0.3 is 0 Å². The summed E-state index contributed by atoms with van der Waals surface area (Å²) >= 11 is 0. The average Bonchev–Trinajstić information content (AvgIpc) is 2.80. The summed E-state index contributed by atoms with van der Waals surface area (Å²) in [6.45, 7) is 27.7. The van der Waals surface area contributed by atoms with Crippen molar-refractivity contribution in [3.8, 4) is 0 Å². The average molecular weight is 427 g/mol. The van der Waals surface area contributed by atoms with E-state index < -0.39 is 0 Å². The Morgan fingerprint density at radius 3 is 0.933 bits per heavy atom. The topological polar surface area (TPSA) is 0 Å². The van der Waals surface area contributed by atoms with E-state index in [1.165, 1.54) is 70.6 Å². The third-order valence-corrected chi connectivity index (χ3v) is 4.67. The van der Waals surface area contributed by atoms with Gasteiger partial charge >= 0.3 is 0 Å². The van der Waals surface area contributed by atoms with Crippen molar-refractivity contribution >= 4 is 0 Å². The fourth-order valence-corrected chi connectivity index (χ4v) is 1.62. The molecule has 1 unspecified atom stereocenters. The minimum atomic E-state index is 0. The molecule has 0 rings (SSSR count). The second kappa shape index (κ2) is 46.4. The fraction of sp³-hybridized carbons (Fsp3) is 0.800. The molecule has 0 aromatic heterocycles. The number of unbranched alkanes of at least 4 members (excludes halogenated alkanes) is 3. The van der Waals surface area contributed by atoms with E-state index in [-0.39, 0.29) is 1.43 Å². The van der Waals surface area contributed by atoms with Gasteiger partial charge in [0.2, 0.25) is 0 Å². The van der Waals surface area contributed by atoms with Gasteiger partial charge in [-0.25, -0.2) is 0 Å². The molecule has 1 atom stereocenters. The highest BCUT2D eigenvalue weighted by Crippen LogP contribution is 2.02. The predicted octanol–water partition coefficient (Wildman–Crippen LogP) is 12.2. The van der Waals surface area contributed by atoms with Gasteiger partial charge in [-0.1, -0.05) is 151 Å². The number of hydrogen-bond acceptors (Lipinski definition) is 0. The van der Waals surface area contributed by atoms with Crippen molar-refractivity contribution in [2.45, 2.75) is 147 Å². The van der Waals surface area contributed by atoms with Crippen molar-refractivity contribution in [2.24, 2.45) is 11.8 Å². The first-order valence-corrected chi connectivity index (χ1v) is 13.3. The van der Waals surface area contributed by atoms with Gasteiger partial charge in [0.1, 0.15) is 0 Å². The molecule has 0 aliphatic heterocycles. The molecule has 186 valence electrons. The Labute approximate surface area is 197 Å². The lowest BCUT2D eigenvalue weighted by Crippen LogP contribution is -1.85. The maximum atomic E-state index is 3.63. The summed E-state index contributed by atoms with van der Waals surface area (Å²) in [5.41, 5.74) is 0. The molecule has 0 bridgehead atoms. The number of rotatable bonds is 11. The first-order chi connectivity index (χ1) is 14.4. The second-order valence-corrected chi connectivity index (χ2v) is 7.83. The highest BCUT2D eigenvalue weighted by molar-refractivity contribution is 4.78. The Hall–Kier alpha value is -0.780. The van der Waals surface area contributed by atoms with Crippen LogP contribution in [-0.2, 0) is 0 Å². The van der Waals surface area contributed by atoms with Gasteiger partial charge in [-0.2, -0.15) is 0 Å². The Morgan fingerprint density at radius 2 is 0.867 bits per heavy atom. The van der Waals surface area contributed by atoms with E-state index in [1.54, 1.807) is 0 Å². The Morgan fingerprint density at radius 1 is 0.567 bits per heavy atom. The summed E-state index contributed by atoms with van der Waals surface area (Å²) in [6.07, 6.45) is 24.8. The second-order valence-electron chi connectivity index (χ2n) is 7.83. The van der Waals surface area contributed by atoms with Crippen LogP contribution in [0.3, 0.4) is 0 Å². The molecule has 0 fully saturated rings. The Kier molecular flexibility index (Phi) is 61.4. The fourth-order valence-electron chi connectivity index (χ4n) is 1.62. The van der Waals surface area contributed by atoms with Crippen LogP contribution in [0, 0.1) is 11.8 Å². The molecule has 0 heterocycles. The number of hydrogen-bond donors (Lipinski definition) is 0. The van der Waals surface area contributed by atoms with Gasteiger partial charge in [0.05, 0.1) is 0 Å². The molecule has 0 aromatic rings. The highest BCUT2D eigenvalue weighted by Gasteiger charge is 1.88. The molecule has 0 aliphatic rings. The summed E-state index contributed by atoms with van der Waals surface area (Å²) in [5, 5.41) is 0. The smallest absolute Gasteiger partial charge is 0 e. The third kappa shape index (κ3) is 71.1. The monoisotopic (exact) mass is 427 g/mol. The zero-order valence-electron chi connectivity index (χ0n) is 23.5. The van der Waals surface area contributed by atoms with E-state index in [4.69, 9.17) is 0 Å². The molecular weight excluding hydrogens is 360 g/mol. The van der Waals surface area contributed by atoms with E-state index >= 15 is 0 Å². The minimum absolute atomic E-state index is 0. The maximum Gasteiger partial charge on any atom is 0 e. The molecule has 0 aromatic carbocycles. The standard InChI is InChI=1S/C6H14.C6H12.C6H14.2C6H12.H2/c2*1-4-6(3)5-2;3*1-3-5-6-4-2;/h6H,4-5H2,1-3H3;4,6H,1,5H2,2-3H3;3-6H2,1-2H3;2*5-6H,3-4H2,1-2H3;1H/b;;;6-5+;6-5-;. The summed E-state index contributed by atoms with van der Waals surface area (Å²) < 4.78 is 0. The van der Waals surface area contributed by atoms with Crippen LogP contribution in [0.15, 0.2) is 37.0 Å². The molecule has 0 aliphatic carbocycles. The van der Waals surface area contributed by atoms with Crippen LogP contribution < -0.4 is 0 Å². The van der Waals surface area contributed by atoms with Gasteiger partial charge in [-0.3, -0.25) is 0 Å². The van der Waals surface area contributed by atoms with Crippen molar-refractivity contribution in [3.05, 3.63) is 37.0 Å². The molecule has 0 radical (unpaired) electrons. The SMILES string of the molecule is C=CC(C)CC.CC/C=C/CC.CC/C=C\CC.CCC(C)CC.CCCCCC.[HH]. The van der Waals surface area contributed by atoms with Crippen LogP contribution in [0.5, 0.6) is 0 Å². The van der Waals surface area contributed by atoms with Crippen molar-refractivity contribution in [3.63, 3.8) is 0 Å². The molecule has 0 nitrogen and oxygen atoms in total. The van der Waals surface area contributed by atoms with E-state index in [2.05, 4.69) is 107 Å². The van der Waals surface area contributed by atoms with Crippen LogP contribution in [0.25, 0.3) is 0 Å². The molecule has 0 saturated carbocycles. The first kappa shape index (κ1) is 39.7. The van der Waals surface area contributed by atoms with Gasteiger partial charge in [-0.05, 0) is 37.5 Å². The molecule has 0 amide bonds. The highest BCUT2D eigenvalue weighted by atomic mass is 13.9. The predicted molar refractivity (Wildman–Crippen MR) is 151 cm³/mol. The zero-order valence-corrected chi connectivity index (χ0v) is 23.5. The van der Waals surface area contributed by atoms with Gasteiger partial charge in [0.15, 0.2) is 0 Å². The van der Waals surface area contributed by atoms with Crippen LogP contribution in [-0.4, -0.2) is 0 Å². The van der Waals surface area contributed by atoms with Crippen molar-refractivity contribution < 1.29 is 1.43 Å².